The van der Waals surface area contributed by atoms with Crippen molar-refractivity contribution in [3.8, 4) is 10.9 Å². The number of halogens is 2. The van der Waals surface area contributed by atoms with Gasteiger partial charge >= 0.3 is 0 Å². The lowest BCUT2D eigenvalue weighted by molar-refractivity contribution is 0.478. The molecule has 0 amide bonds. The maximum atomic E-state index is 5.69. The molecule has 0 atom stereocenters. The third-order valence-electron chi connectivity index (χ3n) is 1.80. The highest BCUT2D eigenvalue weighted by Gasteiger charge is 2.03. The Morgan fingerprint density at radius 3 is 2.87 bits per heavy atom. The molecule has 2 aromatic rings. The molecule has 0 bridgehead atoms. The number of rotatable bonds is 2. The van der Waals surface area contributed by atoms with Crippen LogP contribution in [0.2, 0.25) is 5.15 Å². The van der Waals surface area contributed by atoms with Gasteiger partial charge in [0, 0.05) is 9.85 Å². The lowest BCUT2D eigenvalue weighted by atomic mass is 10.2. The minimum atomic E-state index is 0.459. The molecule has 0 aliphatic carbocycles. The summed E-state index contributed by atoms with van der Waals surface area (Å²) in [7, 11) is 0. The summed E-state index contributed by atoms with van der Waals surface area (Å²) >= 11 is 10.5. The van der Waals surface area contributed by atoms with Gasteiger partial charge in [-0.2, -0.15) is 4.98 Å². The minimum Gasteiger partial charge on any atom is -0.431 e. The summed E-state index contributed by atoms with van der Waals surface area (Å²) in [5.74, 6) is 0.749. The highest BCUT2D eigenvalue weighted by molar-refractivity contribution is 9.10. The SMILES string of the molecule is Cc1ccc(Oc2nc(Cl)cs2)cc1Br. The molecule has 1 heterocycles. The second kappa shape index (κ2) is 4.51. The number of nitrogens with zero attached hydrogens (tertiary/aromatic N) is 1. The summed E-state index contributed by atoms with van der Waals surface area (Å²) in [4.78, 5) is 4.00. The smallest absolute Gasteiger partial charge is 0.280 e. The number of hydrogen-bond donors (Lipinski definition) is 0. The van der Waals surface area contributed by atoms with Crippen molar-refractivity contribution in [1.29, 1.82) is 0 Å². The van der Waals surface area contributed by atoms with Gasteiger partial charge in [0.1, 0.15) is 10.9 Å². The third-order valence-corrected chi connectivity index (χ3v) is 3.70. The molecule has 0 fully saturated rings. The van der Waals surface area contributed by atoms with Crippen molar-refractivity contribution in [3.63, 3.8) is 0 Å². The van der Waals surface area contributed by atoms with Gasteiger partial charge in [-0.15, -0.1) is 0 Å². The lowest BCUT2D eigenvalue weighted by Gasteiger charge is -2.03. The van der Waals surface area contributed by atoms with E-state index in [9.17, 15) is 0 Å². The van der Waals surface area contributed by atoms with Gasteiger partial charge in [0.25, 0.3) is 5.19 Å². The number of hydrogen-bond acceptors (Lipinski definition) is 3. The van der Waals surface area contributed by atoms with Gasteiger partial charge in [-0.05, 0) is 24.6 Å². The fourth-order valence-corrected chi connectivity index (χ4v) is 2.19. The largest absolute Gasteiger partial charge is 0.431 e. The van der Waals surface area contributed by atoms with Crippen molar-refractivity contribution >= 4 is 38.9 Å². The first-order valence-corrected chi connectivity index (χ1v) is 6.25. The molecule has 0 radical (unpaired) electrons. The van der Waals surface area contributed by atoms with E-state index in [1.807, 2.05) is 25.1 Å². The Labute approximate surface area is 105 Å². The van der Waals surface area contributed by atoms with Crippen LogP contribution in [0.4, 0.5) is 0 Å². The van der Waals surface area contributed by atoms with Crippen molar-refractivity contribution in [2.45, 2.75) is 6.92 Å². The molecule has 0 spiro atoms. The van der Waals surface area contributed by atoms with E-state index in [4.69, 9.17) is 16.3 Å². The Balaban J connectivity index is 2.21. The molecule has 1 aromatic heterocycles. The molecular weight excluding hydrogens is 298 g/mol. The van der Waals surface area contributed by atoms with E-state index in [1.54, 1.807) is 5.38 Å². The predicted octanol–water partition coefficient (Wildman–Crippen LogP) is 4.66. The zero-order valence-corrected chi connectivity index (χ0v) is 11.0. The first-order valence-electron chi connectivity index (χ1n) is 4.20. The van der Waals surface area contributed by atoms with Gasteiger partial charge < -0.3 is 4.74 Å². The van der Waals surface area contributed by atoms with E-state index < -0.39 is 0 Å². The number of aromatic nitrogens is 1. The zero-order valence-electron chi connectivity index (χ0n) is 7.83. The molecule has 0 aliphatic rings. The minimum absolute atomic E-state index is 0.459. The molecule has 2 rings (SSSR count). The highest BCUT2D eigenvalue weighted by atomic mass is 79.9. The summed E-state index contributed by atoms with van der Waals surface area (Å²) in [6.45, 7) is 2.02. The lowest BCUT2D eigenvalue weighted by Crippen LogP contribution is -1.84. The number of aryl methyl sites for hydroxylation is 1. The molecule has 1 aromatic carbocycles. The zero-order chi connectivity index (χ0) is 10.8. The Hall–Kier alpha value is -0.580. The summed E-state index contributed by atoms with van der Waals surface area (Å²) < 4.78 is 6.54. The van der Waals surface area contributed by atoms with Crippen LogP contribution in [0.25, 0.3) is 0 Å². The fourth-order valence-electron chi connectivity index (χ4n) is 1.02. The Bertz CT molecular complexity index is 486. The van der Waals surface area contributed by atoms with Crippen LogP contribution in [-0.2, 0) is 0 Å². The molecule has 5 heteroatoms. The molecule has 0 N–H and O–H groups in total. The van der Waals surface area contributed by atoms with Crippen LogP contribution < -0.4 is 4.74 Å². The third kappa shape index (κ3) is 2.71. The maximum absolute atomic E-state index is 5.69. The van der Waals surface area contributed by atoms with Crippen LogP contribution in [0.1, 0.15) is 5.56 Å². The summed E-state index contributed by atoms with van der Waals surface area (Å²) in [5, 5.41) is 2.75. The topological polar surface area (TPSA) is 22.1 Å². The standard InChI is InChI=1S/C10H7BrClNOS/c1-6-2-3-7(4-8(6)11)14-10-13-9(12)5-15-10/h2-5H,1H3. The normalized spacial score (nSPS) is 10.3. The first-order chi connectivity index (χ1) is 7.15. The van der Waals surface area contributed by atoms with E-state index in [-0.39, 0.29) is 0 Å². The number of ether oxygens (including phenoxy) is 1. The molecule has 0 unspecified atom stereocenters. The monoisotopic (exact) mass is 303 g/mol. The second-order valence-electron chi connectivity index (χ2n) is 2.95. The van der Waals surface area contributed by atoms with Gasteiger partial charge in [-0.3, -0.25) is 0 Å². The number of benzene rings is 1. The second-order valence-corrected chi connectivity index (χ2v) is 5.01. The van der Waals surface area contributed by atoms with E-state index in [1.165, 1.54) is 16.9 Å². The van der Waals surface area contributed by atoms with Gasteiger partial charge in [0.2, 0.25) is 0 Å². The van der Waals surface area contributed by atoms with E-state index in [2.05, 4.69) is 20.9 Å². The van der Waals surface area contributed by atoms with Crippen LogP contribution in [0.15, 0.2) is 28.1 Å². The molecular formula is C10H7BrClNOS. The fraction of sp³-hybridized carbons (Fsp3) is 0.100. The summed E-state index contributed by atoms with van der Waals surface area (Å²) in [6, 6.07) is 5.79. The summed E-state index contributed by atoms with van der Waals surface area (Å²) in [6.07, 6.45) is 0. The molecule has 2 nitrogen and oxygen atoms in total. The molecule has 0 saturated heterocycles. The average Bonchev–Trinajstić information content (AvgIpc) is 2.58. The van der Waals surface area contributed by atoms with Crippen molar-refractivity contribution in [3.05, 3.63) is 38.8 Å². The Morgan fingerprint density at radius 2 is 2.27 bits per heavy atom. The van der Waals surface area contributed by atoms with Crippen molar-refractivity contribution < 1.29 is 4.74 Å². The quantitative estimate of drug-likeness (QED) is 0.805. The summed E-state index contributed by atoms with van der Waals surface area (Å²) in [5.41, 5.74) is 1.17. The van der Waals surface area contributed by atoms with Crippen molar-refractivity contribution in [2.75, 3.05) is 0 Å². The van der Waals surface area contributed by atoms with Crippen LogP contribution >= 0.6 is 38.9 Å². The average molecular weight is 305 g/mol. The van der Waals surface area contributed by atoms with Crippen molar-refractivity contribution in [2.24, 2.45) is 0 Å². The van der Waals surface area contributed by atoms with E-state index >= 15 is 0 Å². The predicted molar refractivity (Wildman–Crippen MR) is 66.1 cm³/mol. The Kier molecular flexibility index (Phi) is 3.29. The number of thiazole rings is 1. The highest BCUT2D eigenvalue weighted by Crippen LogP contribution is 2.29. The van der Waals surface area contributed by atoms with Gasteiger partial charge in [0.15, 0.2) is 0 Å². The molecule has 78 valence electrons. The first kappa shape index (κ1) is 10.9. The van der Waals surface area contributed by atoms with Crippen LogP contribution in [0.3, 0.4) is 0 Å². The van der Waals surface area contributed by atoms with Gasteiger partial charge in [-0.1, -0.05) is 44.9 Å². The van der Waals surface area contributed by atoms with Crippen LogP contribution in [0.5, 0.6) is 10.9 Å². The van der Waals surface area contributed by atoms with Crippen molar-refractivity contribution in [1.82, 2.24) is 4.98 Å². The molecule has 0 aliphatic heterocycles. The molecule has 0 saturated carbocycles. The van der Waals surface area contributed by atoms with Gasteiger partial charge in [-0.25, -0.2) is 0 Å². The molecule has 15 heavy (non-hydrogen) atoms. The maximum Gasteiger partial charge on any atom is 0.280 e. The van der Waals surface area contributed by atoms with E-state index in [0.29, 0.717) is 10.3 Å². The Morgan fingerprint density at radius 1 is 1.47 bits per heavy atom. The van der Waals surface area contributed by atoms with Crippen LogP contribution in [-0.4, -0.2) is 4.98 Å². The van der Waals surface area contributed by atoms with Crippen LogP contribution in [0, 0.1) is 6.92 Å². The van der Waals surface area contributed by atoms with E-state index in [0.717, 1.165) is 10.2 Å². The van der Waals surface area contributed by atoms with Gasteiger partial charge in [0.05, 0.1) is 0 Å².